The minimum absolute atomic E-state index is 0.00183. The number of hydrogen-bond acceptors (Lipinski definition) is 20. The molecule has 0 bridgehead atoms. The molecule has 4 aliphatic carbocycles. The molecule has 146 heavy (non-hydrogen) atoms. The Morgan fingerprint density at radius 3 is 0.678 bits per heavy atom. The molecule has 5 aliphatic heterocycles. The molecule has 0 saturated heterocycles. The van der Waals surface area contributed by atoms with Crippen molar-refractivity contribution < 1.29 is 94.2 Å². The van der Waals surface area contributed by atoms with E-state index in [4.69, 9.17) is 42.6 Å². The number of hydrogen-bond donors (Lipinski definition) is 6. The number of benzene rings is 10. The summed E-state index contributed by atoms with van der Waals surface area (Å²) < 4.78 is 77.8. The summed E-state index contributed by atoms with van der Waals surface area (Å²) in [4.78, 5) is 123. The molecular formula is C114H133N11O20S. The summed E-state index contributed by atoms with van der Waals surface area (Å²) in [5, 5.41) is 11.3. The lowest BCUT2D eigenvalue weighted by atomic mass is 9.96. The molecule has 9 aliphatic rings. The molecule has 0 spiro atoms. The fourth-order valence-electron chi connectivity index (χ4n) is 19.0. The van der Waals surface area contributed by atoms with Crippen LogP contribution in [0.1, 0.15) is 187 Å². The molecule has 19 rings (SSSR count). The Morgan fingerprint density at radius 1 is 0.253 bits per heavy atom. The van der Waals surface area contributed by atoms with Crippen LogP contribution in [0.5, 0.6) is 0 Å². The molecule has 10 aromatic carbocycles. The Kier molecular flexibility index (Phi) is 38.1. The number of ether oxygens (including phenoxy) is 9. The van der Waals surface area contributed by atoms with Gasteiger partial charge in [-0.3, -0.25) is 74.5 Å². The molecule has 770 valence electrons. The summed E-state index contributed by atoms with van der Waals surface area (Å²) >= 11 is 0. The van der Waals surface area contributed by atoms with Crippen LogP contribution in [0.25, 0.3) is 0 Å². The Morgan fingerprint density at radius 2 is 0.459 bits per heavy atom. The van der Waals surface area contributed by atoms with Gasteiger partial charge in [0.05, 0.1) is 62.6 Å². The molecule has 9 amide bonds. The second-order valence-corrected chi connectivity index (χ2v) is 38.3. The Labute approximate surface area is 854 Å². The van der Waals surface area contributed by atoms with Gasteiger partial charge in [-0.25, -0.2) is 19.2 Å². The number of carbonyl (C=O) groups excluding carboxylic acids is 9. The summed E-state index contributed by atoms with van der Waals surface area (Å²) in [6.45, 7) is 13.6. The molecular weight excluding hydrogens is 1880 g/mol. The maximum absolute atomic E-state index is 13.1. The zero-order chi connectivity index (χ0) is 102. The van der Waals surface area contributed by atoms with Crippen molar-refractivity contribution in [2.75, 3.05) is 123 Å². The van der Waals surface area contributed by atoms with Crippen LogP contribution < -0.4 is 55.2 Å². The number of amides is 9. The predicted octanol–water partition coefficient (Wildman–Crippen LogP) is 21.9. The van der Waals surface area contributed by atoms with Crippen molar-refractivity contribution in [2.24, 2.45) is 0 Å². The van der Waals surface area contributed by atoms with Gasteiger partial charge in [0.15, 0.2) is 0 Å². The number of nitrogens with one attached hydrogen (secondary N) is 6. The summed E-state index contributed by atoms with van der Waals surface area (Å²) in [5.74, 6) is -0.701. The van der Waals surface area contributed by atoms with E-state index in [1.165, 1.54) is 6.42 Å². The molecule has 0 atom stereocenters. The van der Waals surface area contributed by atoms with Crippen LogP contribution >= 0.6 is 0 Å². The minimum atomic E-state index is -3.66. The van der Waals surface area contributed by atoms with Gasteiger partial charge in [-0.15, -0.1) is 0 Å². The van der Waals surface area contributed by atoms with Gasteiger partial charge >= 0.3 is 24.4 Å². The first-order valence-corrected chi connectivity index (χ1v) is 52.8. The Hall–Kier alpha value is -13.9. The van der Waals surface area contributed by atoms with E-state index in [-0.39, 0.29) is 93.5 Å². The van der Waals surface area contributed by atoms with Gasteiger partial charge in [-0.1, -0.05) is 135 Å². The smallest absolute Gasteiger partial charge is 0.411 e. The fourth-order valence-corrected chi connectivity index (χ4v) is 19.9. The fraction of sp³-hybridized carbons (Fsp3) is 0.395. The van der Waals surface area contributed by atoms with E-state index >= 15 is 0 Å². The average Bonchev–Trinajstić information content (AvgIpc) is 1.63. The van der Waals surface area contributed by atoms with Crippen molar-refractivity contribution in [3.63, 3.8) is 0 Å². The van der Waals surface area contributed by atoms with Crippen molar-refractivity contribution in [1.82, 2.24) is 4.72 Å². The third-order valence-electron chi connectivity index (χ3n) is 26.6. The van der Waals surface area contributed by atoms with Crippen LogP contribution in [0, 0.1) is 0 Å². The van der Waals surface area contributed by atoms with Crippen molar-refractivity contribution in [1.29, 1.82) is 0 Å². The molecule has 0 aromatic heterocycles. The summed E-state index contributed by atoms with van der Waals surface area (Å²) in [7, 11) is -3.66. The van der Waals surface area contributed by atoms with Gasteiger partial charge in [0.25, 0.3) is 39.7 Å². The highest BCUT2D eigenvalue weighted by molar-refractivity contribution is 7.90. The Balaban J connectivity index is 0.000000137. The highest BCUT2D eigenvalue weighted by Crippen LogP contribution is 2.45. The van der Waals surface area contributed by atoms with Gasteiger partial charge in [0.2, 0.25) is 0 Å². The Bertz CT molecular complexity index is 6380. The van der Waals surface area contributed by atoms with Crippen LogP contribution in [-0.2, 0) is 141 Å². The van der Waals surface area contributed by atoms with E-state index in [2.05, 4.69) is 48.9 Å². The predicted molar refractivity (Wildman–Crippen MR) is 566 cm³/mol. The lowest BCUT2D eigenvalue weighted by Gasteiger charge is -2.26. The van der Waals surface area contributed by atoms with Gasteiger partial charge in [0, 0.05) is 62.3 Å². The zero-order valence-corrected chi connectivity index (χ0v) is 84.9. The van der Waals surface area contributed by atoms with E-state index in [1.54, 1.807) is 43.6 Å². The largest absolute Gasteiger partial charge is 0.446 e. The van der Waals surface area contributed by atoms with E-state index in [0.29, 0.717) is 67.2 Å². The number of para-hydroxylation sites is 5. The van der Waals surface area contributed by atoms with Crippen LogP contribution in [0.15, 0.2) is 212 Å². The highest BCUT2D eigenvalue weighted by Gasteiger charge is 2.36. The zero-order valence-electron chi connectivity index (χ0n) is 84.1. The van der Waals surface area contributed by atoms with Crippen molar-refractivity contribution in [3.05, 3.63) is 268 Å². The summed E-state index contributed by atoms with van der Waals surface area (Å²) in [6, 6.07) is 67.6. The summed E-state index contributed by atoms with van der Waals surface area (Å²) in [5.41, 5.74) is 21.7. The second-order valence-electron chi connectivity index (χ2n) is 36.8. The molecule has 0 radical (unpaired) electrons. The van der Waals surface area contributed by atoms with E-state index in [9.17, 15) is 51.6 Å². The first-order valence-electron chi connectivity index (χ1n) is 51.3. The molecule has 0 unspecified atom stereocenters. The number of carbonyl (C=O) groups is 9. The molecule has 31 nitrogen and oxygen atoms in total. The van der Waals surface area contributed by atoms with Gasteiger partial charge in [-0.05, 0) is 329 Å². The first-order chi connectivity index (χ1) is 71.1. The monoisotopic (exact) mass is 2010 g/mol. The number of rotatable bonds is 27. The quantitative estimate of drug-likeness (QED) is 0.0260. The second kappa shape index (κ2) is 52.3. The number of nitrogens with zero attached hydrogens (tertiary/aromatic N) is 5. The van der Waals surface area contributed by atoms with Crippen molar-refractivity contribution >= 4 is 149 Å². The maximum Gasteiger partial charge on any atom is 0.411 e. The van der Waals surface area contributed by atoms with E-state index in [1.807, 2.05) is 217 Å². The summed E-state index contributed by atoms with van der Waals surface area (Å²) in [6.07, 6.45) is 20.6. The molecule has 32 heteroatoms. The van der Waals surface area contributed by atoms with Gasteiger partial charge in [0.1, 0.15) is 57.5 Å². The lowest BCUT2D eigenvalue weighted by molar-refractivity contribution is -0.122. The van der Waals surface area contributed by atoms with Crippen LogP contribution in [-0.4, -0.2) is 159 Å². The van der Waals surface area contributed by atoms with Gasteiger partial charge < -0.3 is 42.6 Å². The van der Waals surface area contributed by atoms with Gasteiger partial charge in [-0.2, -0.15) is 13.1 Å². The van der Waals surface area contributed by atoms with Crippen LogP contribution in [0.4, 0.5) is 104 Å². The first kappa shape index (κ1) is 106. The van der Waals surface area contributed by atoms with Crippen LogP contribution in [0.3, 0.4) is 0 Å². The number of aryl methyl sites for hydroxylation is 10. The molecule has 6 N–H and O–H groups in total. The number of anilines is 15. The average molecular weight is 2010 g/mol. The normalized spacial score (nSPS) is 15.3. The third-order valence-corrected chi connectivity index (χ3v) is 27.8. The standard InChI is InChI=1S/C25H30N2O4.C24H28N2O4.C23H26N2O4.C22H24N2O4.C20H25N3O4S/c1-2-30-17-24(28)27-22-11-7-6-8-18(22)12-13-19-14-15-20(16-23(19)27)26-25(29)31-21-9-4-3-5-10-21;1-2-29-16-23(27)26-21-10-6-3-7-17(21)11-12-18-13-14-19(15-22(18)26)25-24(28)30-20-8-4-5-9-20;1-2-28-15-22(26)25-20-9-4-3-6-16(20)10-11-17-12-13-18(14-21(17)25)24-23(27)29-19-7-5-8-19;1-2-27-14-21(25)24-19-6-4-3-5-15(19)7-8-16-9-10-17(13-20(16)24)23-22(26)28-18-11-12-18;1-3-21-28(25,26)22-17-12-11-16-10-9-15-7-5-6-8-18(15)23(19(16)13-17)20(24)14-27-4-2/h6-8,11,14-16,21H,2-5,9-10,12-13,17H2,1H3,(H,26,29);3,6-7,10,13-15,20H,2,4-5,8-9,11-12,16H2,1H3,(H,25,28);3-4,6,9,12-14,19H,2,5,7-8,10-11,15H2,1H3,(H,24,27);3-6,9-10,13,18H,2,7-8,11-12,14H2,1H3,(H,23,26);5-8,11-13,21-22H,3-4,9-10,14H2,1-2H3. The van der Waals surface area contributed by atoms with Crippen LogP contribution in [0.2, 0.25) is 0 Å². The topological polar surface area (TPSA) is 359 Å². The molecule has 4 fully saturated rings. The molecule has 10 aromatic rings. The number of fused-ring (bicyclic) bond motifs is 10. The third kappa shape index (κ3) is 28.5. The minimum Gasteiger partial charge on any atom is -0.446 e. The maximum atomic E-state index is 13.1. The van der Waals surface area contributed by atoms with Crippen molar-refractivity contribution in [2.45, 2.75) is 220 Å². The molecule has 4 saturated carbocycles. The SMILES string of the molecule is CCNS(=O)(=O)Nc1ccc2c(c1)N(C(=O)COCC)c1ccccc1CC2.CCOCC(=O)N1c2ccccc2CCc2ccc(NC(=O)OC3CC3)cc21.CCOCC(=O)N1c2ccccc2CCc2ccc(NC(=O)OC3CCC3)cc21.CCOCC(=O)N1c2ccccc2CCc2ccc(NC(=O)OC3CCCC3)cc21.CCOCC(=O)N1c2ccccc2CCc2ccc(NC(=O)OC3CCCCC3)cc21. The van der Waals surface area contributed by atoms with E-state index in [0.717, 1.165) is 254 Å². The highest BCUT2D eigenvalue weighted by atomic mass is 32.2. The van der Waals surface area contributed by atoms with E-state index < -0.39 is 34.6 Å². The molecule has 5 heterocycles. The lowest BCUT2D eigenvalue weighted by Crippen LogP contribution is -2.31. The van der Waals surface area contributed by atoms with Crippen molar-refractivity contribution in [3.8, 4) is 0 Å².